The number of nitrogens with zero attached hydrogens (tertiary/aromatic N) is 1. The van der Waals surface area contributed by atoms with Gasteiger partial charge < -0.3 is 25.1 Å². The summed E-state index contributed by atoms with van der Waals surface area (Å²) >= 11 is 0. The summed E-state index contributed by atoms with van der Waals surface area (Å²) < 4.78 is 11.8. The Hall–Kier alpha value is -2.75. The molecule has 3 N–H and O–H groups in total. The number of ether oxygens (including phenoxy) is 1. The summed E-state index contributed by atoms with van der Waals surface area (Å²) in [5, 5.41) is 10.4. The first-order valence-electron chi connectivity index (χ1n) is 11.1. The van der Waals surface area contributed by atoms with Gasteiger partial charge in [0.15, 0.2) is 17.3 Å². The number of nitrogens with one attached hydrogen (secondary N) is 3. The quantitative estimate of drug-likeness (QED) is 0.200. The second kappa shape index (κ2) is 13.1. The van der Waals surface area contributed by atoms with Crippen molar-refractivity contribution in [3.8, 4) is 5.75 Å². The van der Waals surface area contributed by atoms with Crippen LogP contribution in [0.3, 0.4) is 0 Å². The van der Waals surface area contributed by atoms with Crippen molar-refractivity contribution in [3.05, 3.63) is 65.4 Å². The highest BCUT2D eigenvalue weighted by atomic mass is 127. The number of aliphatic imine (C=N–C) groups is 1. The number of benzene rings is 2. The number of carbonyl (C=O) groups excluding carboxylic acids is 1. The number of hydrogen-bond acceptors (Lipinski definition) is 4. The molecule has 0 spiro atoms. The van der Waals surface area contributed by atoms with Crippen LogP contribution < -0.4 is 20.7 Å². The van der Waals surface area contributed by atoms with Gasteiger partial charge in [-0.05, 0) is 57.0 Å². The highest BCUT2D eigenvalue weighted by Crippen LogP contribution is 2.31. The van der Waals surface area contributed by atoms with Gasteiger partial charge in [0.1, 0.15) is 5.76 Å². The van der Waals surface area contributed by atoms with E-state index in [2.05, 4.69) is 16.0 Å². The van der Waals surface area contributed by atoms with Crippen LogP contribution in [0.25, 0.3) is 11.0 Å². The van der Waals surface area contributed by atoms with E-state index in [1.807, 2.05) is 69.3 Å². The first-order chi connectivity index (χ1) is 15.5. The molecule has 1 heterocycles. The highest BCUT2D eigenvalue weighted by molar-refractivity contribution is 14.0. The lowest BCUT2D eigenvalue weighted by Gasteiger charge is -2.16. The molecule has 1 aromatic heterocycles. The third kappa shape index (κ3) is 7.12. The van der Waals surface area contributed by atoms with Crippen LogP contribution in [0.5, 0.6) is 5.75 Å². The molecule has 3 rings (SSSR count). The van der Waals surface area contributed by atoms with Gasteiger partial charge in [-0.1, -0.05) is 24.3 Å². The first kappa shape index (κ1) is 26.5. The predicted molar refractivity (Wildman–Crippen MR) is 144 cm³/mol. The summed E-state index contributed by atoms with van der Waals surface area (Å²) in [6.07, 6.45) is 0.734. The number of para-hydroxylation sites is 1. The summed E-state index contributed by atoms with van der Waals surface area (Å²) in [6.45, 7) is 7.96. The zero-order valence-electron chi connectivity index (χ0n) is 19.6. The minimum absolute atomic E-state index is 0. The lowest BCUT2D eigenvalue weighted by molar-refractivity contribution is 0.0963. The van der Waals surface area contributed by atoms with Crippen molar-refractivity contribution in [1.29, 1.82) is 0 Å². The number of carbonyl (C=O) groups is 1. The fourth-order valence-corrected chi connectivity index (χ4v) is 3.44. The molecular weight excluding hydrogens is 531 g/mol. The number of fused-ring (bicyclic) bond motifs is 1. The van der Waals surface area contributed by atoms with E-state index in [1.165, 1.54) is 0 Å². The second-order valence-electron chi connectivity index (χ2n) is 7.41. The van der Waals surface area contributed by atoms with Gasteiger partial charge in [-0.25, -0.2) is 0 Å². The fourth-order valence-electron chi connectivity index (χ4n) is 3.44. The van der Waals surface area contributed by atoms with E-state index in [-0.39, 0.29) is 35.9 Å². The Kier molecular flexibility index (Phi) is 10.5. The Morgan fingerprint density at radius 3 is 2.67 bits per heavy atom. The lowest BCUT2D eigenvalue weighted by atomic mass is 10.1. The molecule has 0 aliphatic heterocycles. The van der Waals surface area contributed by atoms with Crippen LogP contribution in [0.15, 0.2) is 57.9 Å². The van der Waals surface area contributed by atoms with Crippen molar-refractivity contribution in [3.63, 3.8) is 0 Å². The van der Waals surface area contributed by atoms with Crippen LogP contribution in [0, 0.1) is 0 Å². The van der Waals surface area contributed by atoms with E-state index in [4.69, 9.17) is 14.1 Å². The molecule has 0 saturated heterocycles. The van der Waals surface area contributed by atoms with E-state index in [1.54, 1.807) is 7.05 Å². The Morgan fingerprint density at radius 1 is 1.15 bits per heavy atom. The SMILES string of the molecule is CCNC(=NCCc1cccc(C(=O)NC)c1)NC(C)c1cc2cccc(OCC)c2o1.I. The van der Waals surface area contributed by atoms with Crippen molar-refractivity contribution in [2.24, 2.45) is 4.99 Å². The van der Waals surface area contributed by atoms with E-state index in [0.717, 1.165) is 41.0 Å². The maximum Gasteiger partial charge on any atom is 0.251 e. The van der Waals surface area contributed by atoms with Crippen LogP contribution >= 0.6 is 24.0 Å². The van der Waals surface area contributed by atoms with Crippen LogP contribution in [0.4, 0.5) is 0 Å². The molecule has 0 bridgehead atoms. The van der Waals surface area contributed by atoms with Crippen molar-refractivity contribution in [2.45, 2.75) is 33.2 Å². The predicted octanol–water partition coefficient (Wildman–Crippen LogP) is 4.67. The van der Waals surface area contributed by atoms with Crippen LogP contribution in [0.2, 0.25) is 0 Å². The second-order valence-corrected chi connectivity index (χ2v) is 7.41. The molecule has 178 valence electrons. The molecule has 1 amide bonds. The number of halogens is 1. The number of guanidine groups is 1. The average molecular weight is 564 g/mol. The fraction of sp³-hybridized carbons (Fsp3) is 0.360. The van der Waals surface area contributed by atoms with Gasteiger partial charge in [-0.15, -0.1) is 24.0 Å². The van der Waals surface area contributed by atoms with Gasteiger partial charge in [-0.3, -0.25) is 9.79 Å². The monoisotopic (exact) mass is 564 g/mol. The van der Waals surface area contributed by atoms with Crippen LogP contribution in [-0.2, 0) is 6.42 Å². The lowest BCUT2D eigenvalue weighted by Crippen LogP contribution is -2.38. The Morgan fingerprint density at radius 2 is 1.94 bits per heavy atom. The van der Waals surface area contributed by atoms with E-state index in [0.29, 0.717) is 24.7 Å². The largest absolute Gasteiger partial charge is 0.490 e. The van der Waals surface area contributed by atoms with Gasteiger partial charge in [0.05, 0.1) is 12.6 Å². The normalized spacial score (nSPS) is 12.1. The summed E-state index contributed by atoms with van der Waals surface area (Å²) in [7, 11) is 1.63. The minimum Gasteiger partial charge on any atom is -0.490 e. The maximum atomic E-state index is 11.8. The molecule has 0 radical (unpaired) electrons. The molecule has 3 aromatic rings. The van der Waals surface area contributed by atoms with Gasteiger partial charge >= 0.3 is 0 Å². The van der Waals surface area contributed by atoms with Crippen molar-refractivity contribution in [1.82, 2.24) is 16.0 Å². The third-order valence-electron chi connectivity index (χ3n) is 5.04. The molecule has 8 heteroatoms. The molecule has 0 saturated carbocycles. The maximum absolute atomic E-state index is 11.8. The molecule has 1 unspecified atom stereocenters. The Labute approximate surface area is 212 Å². The van der Waals surface area contributed by atoms with Gasteiger partial charge in [0.25, 0.3) is 5.91 Å². The van der Waals surface area contributed by atoms with Gasteiger partial charge in [-0.2, -0.15) is 0 Å². The first-order valence-corrected chi connectivity index (χ1v) is 11.1. The molecular formula is C25H33IN4O3. The smallest absolute Gasteiger partial charge is 0.251 e. The van der Waals surface area contributed by atoms with E-state index in [9.17, 15) is 4.79 Å². The van der Waals surface area contributed by atoms with Crippen molar-refractivity contribution >= 4 is 46.8 Å². The molecule has 7 nitrogen and oxygen atoms in total. The van der Waals surface area contributed by atoms with Gasteiger partial charge in [0, 0.05) is 31.1 Å². The van der Waals surface area contributed by atoms with E-state index < -0.39 is 0 Å². The third-order valence-corrected chi connectivity index (χ3v) is 5.04. The van der Waals surface area contributed by atoms with Crippen molar-refractivity contribution < 1.29 is 13.9 Å². The average Bonchev–Trinajstić information content (AvgIpc) is 3.25. The van der Waals surface area contributed by atoms with E-state index >= 15 is 0 Å². The molecule has 0 aliphatic rings. The molecule has 33 heavy (non-hydrogen) atoms. The Balaban J connectivity index is 0.00000385. The number of rotatable bonds is 9. The molecule has 0 fully saturated rings. The van der Waals surface area contributed by atoms with Crippen LogP contribution in [-0.4, -0.2) is 38.6 Å². The number of hydrogen-bond donors (Lipinski definition) is 3. The number of amides is 1. The van der Waals surface area contributed by atoms with Crippen LogP contribution in [0.1, 0.15) is 48.5 Å². The molecule has 0 aliphatic carbocycles. The summed E-state index contributed by atoms with van der Waals surface area (Å²) in [4.78, 5) is 16.5. The summed E-state index contributed by atoms with van der Waals surface area (Å²) in [5.74, 6) is 2.20. The van der Waals surface area contributed by atoms with Crippen molar-refractivity contribution in [2.75, 3.05) is 26.7 Å². The zero-order valence-corrected chi connectivity index (χ0v) is 21.9. The topological polar surface area (TPSA) is 87.9 Å². The number of furan rings is 1. The summed E-state index contributed by atoms with van der Waals surface area (Å²) in [5.41, 5.74) is 2.49. The Bertz CT molecular complexity index is 1080. The zero-order chi connectivity index (χ0) is 22.9. The molecule has 1 atom stereocenters. The minimum atomic E-state index is -0.0856. The standard InChI is InChI=1S/C25H32N4O3.HI/c1-5-27-25(28-14-13-18-9-7-11-20(15-18)24(30)26-4)29-17(3)22-16-19-10-8-12-21(31-6-2)23(19)32-22;/h7-12,15-17H,5-6,13-14H2,1-4H3,(H,26,30)(H2,27,28,29);1H. The summed E-state index contributed by atoms with van der Waals surface area (Å²) in [6, 6.07) is 15.5. The molecule has 2 aromatic carbocycles. The van der Waals surface area contributed by atoms with Gasteiger partial charge in [0.2, 0.25) is 0 Å². The highest BCUT2D eigenvalue weighted by Gasteiger charge is 2.15.